The number of esters is 1. The molecule has 4 heteroatoms. The van der Waals surface area contributed by atoms with Crippen molar-refractivity contribution in [1.29, 1.82) is 0 Å². The Labute approximate surface area is 137 Å². The molecule has 1 atom stereocenters. The van der Waals surface area contributed by atoms with Crippen LogP contribution in [0.4, 0.5) is 0 Å². The summed E-state index contributed by atoms with van der Waals surface area (Å²) in [5.74, 6) is 0.415. The van der Waals surface area contributed by atoms with E-state index in [1.165, 1.54) is 0 Å². The molecule has 0 heterocycles. The fourth-order valence-corrected chi connectivity index (χ4v) is 2.69. The van der Waals surface area contributed by atoms with Crippen molar-refractivity contribution in [2.24, 2.45) is 5.73 Å². The van der Waals surface area contributed by atoms with E-state index < -0.39 is 0 Å². The number of benzene rings is 2. The Balaban J connectivity index is 2.44. The van der Waals surface area contributed by atoms with Gasteiger partial charge in [-0.15, -0.1) is 0 Å². The van der Waals surface area contributed by atoms with Crippen LogP contribution >= 0.6 is 0 Å². The van der Waals surface area contributed by atoms with Crippen LogP contribution < -0.4 is 10.5 Å². The molecular weight excluding hydrogens is 290 g/mol. The van der Waals surface area contributed by atoms with Crippen molar-refractivity contribution in [2.75, 3.05) is 13.7 Å². The number of hydrogen-bond donors (Lipinski definition) is 1. The number of carbonyl (C=O) groups is 1. The lowest BCUT2D eigenvalue weighted by Crippen LogP contribution is -2.13. The van der Waals surface area contributed by atoms with Gasteiger partial charge < -0.3 is 15.2 Å². The van der Waals surface area contributed by atoms with Gasteiger partial charge in [-0.3, -0.25) is 4.79 Å². The van der Waals surface area contributed by atoms with Gasteiger partial charge in [-0.2, -0.15) is 0 Å². The van der Waals surface area contributed by atoms with Gasteiger partial charge in [-0.25, -0.2) is 0 Å². The molecule has 4 nitrogen and oxygen atoms in total. The Bertz CT molecular complexity index is 655. The first-order valence-corrected chi connectivity index (χ1v) is 7.77. The van der Waals surface area contributed by atoms with Crippen LogP contribution in [0.2, 0.25) is 0 Å². The number of ether oxygens (including phenoxy) is 2. The summed E-state index contributed by atoms with van der Waals surface area (Å²) < 4.78 is 10.6. The molecule has 0 radical (unpaired) electrons. The molecule has 0 saturated carbocycles. The average Bonchev–Trinajstić information content (AvgIpc) is 2.60. The van der Waals surface area contributed by atoms with E-state index in [9.17, 15) is 4.79 Å². The second-order valence-corrected chi connectivity index (χ2v) is 5.25. The van der Waals surface area contributed by atoms with Crippen molar-refractivity contribution in [3.63, 3.8) is 0 Å². The summed E-state index contributed by atoms with van der Waals surface area (Å²) in [4.78, 5) is 12.1. The fourth-order valence-electron chi connectivity index (χ4n) is 2.69. The highest BCUT2D eigenvalue weighted by Gasteiger charge is 2.22. The Morgan fingerprint density at radius 3 is 2.65 bits per heavy atom. The summed E-state index contributed by atoms with van der Waals surface area (Å²) in [5.41, 5.74) is 8.78. The largest absolute Gasteiger partial charge is 0.496 e. The zero-order valence-corrected chi connectivity index (χ0v) is 13.6. The molecule has 1 unspecified atom stereocenters. The van der Waals surface area contributed by atoms with Crippen LogP contribution in [-0.4, -0.2) is 19.7 Å². The molecule has 122 valence electrons. The molecular formula is C19H23NO3. The predicted octanol–water partition coefficient (Wildman–Crippen LogP) is 3.24. The van der Waals surface area contributed by atoms with Crippen molar-refractivity contribution in [1.82, 2.24) is 0 Å². The first kappa shape index (κ1) is 17.0. The number of rotatable bonds is 7. The lowest BCUT2D eigenvalue weighted by Gasteiger charge is -2.20. The van der Waals surface area contributed by atoms with Gasteiger partial charge in [0, 0.05) is 18.0 Å². The Morgan fingerprint density at radius 1 is 1.17 bits per heavy atom. The second-order valence-electron chi connectivity index (χ2n) is 5.25. The minimum Gasteiger partial charge on any atom is -0.496 e. The normalized spacial score (nSPS) is 11.8. The SMILES string of the molecule is CCOC(=O)CC(c1cccc(CN)c1)c1ccccc1OC. The minimum atomic E-state index is -0.221. The van der Waals surface area contributed by atoms with Crippen LogP contribution in [-0.2, 0) is 16.1 Å². The maximum atomic E-state index is 12.1. The monoisotopic (exact) mass is 313 g/mol. The average molecular weight is 313 g/mol. The Morgan fingerprint density at radius 2 is 1.96 bits per heavy atom. The molecule has 0 fully saturated rings. The summed E-state index contributed by atoms with van der Waals surface area (Å²) in [6, 6.07) is 15.7. The molecule has 2 rings (SSSR count). The maximum absolute atomic E-state index is 12.1. The molecule has 0 aliphatic rings. The van der Waals surface area contributed by atoms with Gasteiger partial charge in [0.2, 0.25) is 0 Å². The van der Waals surface area contributed by atoms with Gasteiger partial charge in [0.05, 0.1) is 20.1 Å². The summed E-state index contributed by atoms with van der Waals surface area (Å²) in [7, 11) is 1.64. The molecule has 0 aromatic heterocycles. The number of para-hydroxylation sites is 1. The number of methoxy groups -OCH3 is 1. The third kappa shape index (κ3) is 4.33. The first-order chi connectivity index (χ1) is 11.2. The number of hydrogen-bond acceptors (Lipinski definition) is 4. The third-order valence-electron chi connectivity index (χ3n) is 3.78. The van der Waals surface area contributed by atoms with E-state index in [1.54, 1.807) is 7.11 Å². The maximum Gasteiger partial charge on any atom is 0.306 e. The zero-order chi connectivity index (χ0) is 16.7. The van der Waals surface area contributed by atoms with E-state index in [1.807, 2.05) is 55.5 Å². The van der Waals surface area contributed by atoms with E-state index in [-0.39, 0.29) is 18.3 Å². The minimum absolute atomic E-state index is 0.128. The molecule has 0 bridgehead atoms. The van der Waals surface area contributed by atoms with E-state index in [0.717, 1.165) is 22.4 Å². The van der Waals surface area contributed by atoms with Gasteiger partial charge in [0.25, 0.3) is 0 Å². The Kier molecular flexibility index (Phi) is 6.18. The van der Waals surface area contributed by atoms with Crippen molar-refractivity contribution in [3.05, 3.63) is 65.2 Å². The number of nitrogens with two attached hydrogens (primary N) is 1. The molecule has 23 heavy (non-hydrogen) atoms. The van der Waals surface area contributed by atoms with Crippen LogP contribution in [0.15, 0.2) is 48.5 Å². The van der Waals surface area contributed by atoms with Crippen molar-refractivity contribution in [2.45, 2.75) is 25.8 Å². The highest BCUT2D eigenvalue weighted by molar-refractivity contribution is 5.71. The van der Waals surface area contributed by atoms with Crippen LogP contribution in [0.1, 0.15) is 36.0 Å². The van der Waals surface area contributed by atoms with E-state index in [2.05, 4.69) is 0 Å². The molecule has 0 spiro atoms. The van der Waals surface area contributed by atoms with Crippen molar-refractivity contribution >= 4 is 5.97 Å². The van der Waals surface area contributed by atoms with Gasteiger partial charge in [-0.05, 0) is 24.1 Å². The predicted molar refractivity (Wildman–Crippen MR) is 90.4 cm³/mol. The van der Waals surface area contributed by atoms with Crippen LogP contribution in [0, 0.1) is 0 Å². The van der Waals surface area contributed by atoms with Crippen molar-refractivity contribution < 1.29 is 14.3 Å². The fraction of sp³-hybridized carbons (Fsp3) is 0.316. The molecule has 2 N–H and O–H groups in total. The lowest BCUT2D eigenvalue weighted by molar-refractivity contribution is -0.143. The van der Waals surface area contributed by atoms with Gasteiger partial charge in [-0.1, -0.05) is 42.5 Å². The standard InChI is InChI=1S/C19H23NO3/c1-3-23-19(21)12-17(15-8-6-7-14(11-15)13-20)16-9-4-5-10-18(16)22-2/h4-11,17H,3,12-13,20H2,1-2H3. The summed E-state index contributed by atoms with van der Waals surface area (Å²) in [5, 5.41) is 0. The van der Waals surface area contributed by atoms with Crippen molar-refractivity contribution in [3.8, 4) is 5.75 Å². The molecule has 0 amide bonds. The van der Waals surface area contributed by atoms with E-state index >= 15 is 0 Å². The Hall–Kier alpha value is -2.33. The van der Waals surface area contributed by atoms with Crippen LogP contribution in [0.3, 0.4) is 0 Å². The third-order valence-corrected chi connectivity index (χ3v) is 3.78. The molecule has 0 aliphatic carbocycles. The highest BCUT2D eigenvalue weighted by atomic mass is 16.5. The molecule has 2 aromatic carbocycles. The molecule has 2 aromatic rings. The first-order valence-electron chi connectivity index (χ1n) is 7.77. The van der Waals surface area contributed by atoms with E-state index in [0.29, 0.717) is 13.2 Å². The summed E-state index contributed by atoms with van der Waals surface area (Å²) >= 11 is 0. The lowest BCUT2D eigenvalue weighted by atomic mass is 9.87. The van der Waals surface area contributed by atoms with Gasteiger partial charge in [0.1, 0.15) is 5.75 Å². The van der Waals surface area contributed by atoms with Crippen LogP contribution in [0.5, 0.6) is 5.75 Å². The number of carbonyl (C=O) groups excluding carboxylic acids is 1. The molecule has 0 aliphatic heterocycles. The topological polar surface area (TPSA) is 61.5 Å². The van der Waals surface area contributed by atoms with Crippen LogP contribution in [0.25, 0.3) is 0 Å². The molecule has 0 saturated heterocycles. The smallest absolute Gasteiger partial charge is 0.306 e. The summed E-state index contributed by atoms with van der Waals surface area (Å²) in [6.45, 7) is 2.65. The quantitative estimate of drug-likeness (QED) is 0.797. The second kappa shape index (κ2) is 8.34. The van der Waals surface area contributed by atoms with E-state index in [4.69, 9.17) is 15.2 Å². The van der Waals surface area contributed by atoms with Gasteiger partial charge >= 0.3 is 5.97 Å². The summed E-state index contributed by atoms with van der Waals surface area (Å²) in [6.07, 6.45) is 0.266. The highest BCUT2D eigenvalue weighted by Crippen LogP contribution is 2.34. The zero-order valence-electron chi connectivity index (χ0n) is 13.6. The van der Waals surface area contributed by atoms with Gasteiger partial charge in [0.15, 0.2) is 0 Å².